The monoisotopic (exact) mass is 428 g/mol. The Bertz CT molecular complexity index is 311. The highest BCUT2D eigenvalue weighted by atomic mass is 127. The third kappa shape index (κ3) is 12.1. The van der Waals surface area contributed by atoms with Gasteiger partial charge in [-0.1, -0.05) is 0 Å². The molecule has 1 amide bonds. The third-order valence-electron chi connectivity index (χ3n) is 3.11. The Morgan fingerprint density at radius 3 is 2.43 bits per heavy atom. The average Bonchev–Trinajstić information content (AvgIpc) is 3.24. The maximum absolute atomic E-state index is 11.5. The molecule has 1 aliphatic carbocycles. The van der Waals surface area contributed by atoms with Crippen LogP contribution in [-0.2, 0) is 4.79 Å². The summed E-state index contributed by atoms with van der Waals surface area (Å²) in [7, 11) is 1.77. The van der Waals surface area contributed by atoms with Crippen molar-refractivity contribution in [3.8, 4) is 0 Å². The Morgan fingerprint density at radius 2 is 1.86 bits per heavy atom. The highest BCUT2D eigenvalue weighted by molar-refractivity contribution is 14.0. The number of carbonyl (C=O) groups excluding carboxylic acids is 1. The quantitative estimate of drug-likeness (QED) is 0.216. The van der Waals surface area contributed by atoms with Gasteiger partial charge in [-0.05, 0) is 44.1 Å². The molecule has 7 heteroatoms. The van der Waals surface area contributed by atoms with Gasteiger partial charge in [0.15, 0.2) is 5.96 Å². The first-order chi connectivity index (χ1) is 9.76. The predicted octanol–water partition coefficient (Wildman–Crippen LogP) is 1.97. The first kappa shape index (κ1) is 20.8. The highest BCUT2D eigenvalue weighted by Crippen LogP contribution is 2.18. The number of guanidine groups is 1. The summed E-state index contributed by atoms with van der Waals surface area (Å²) in [5.41, 5.74) is 0. The second-order valence-electron chi connectivity index (χ2n) is 5.07. The van der Waals surface area contributed by atoms with Crippen molar-refractivity contribution in [3.05, 3.63) is 0 Å². The summed E-state index contributed by atoms with van der Waals surface area (Å²) in [6, 6.07) is 0.464. The molecule has 0 aromatic carbocycles. The number of hydrogen-bond donors (Lipinski definition) is 3. The number of carbonyl (C=O) groups is 1. The Morgan fingerprint density at radius 1 is 1.19 bits per heavy atom. The van der Waals surface area contributed by atoms with E-state index in [9.17, 15) is 4.79 Å². The Labute approximate surface area is 149 Å². The van der Waals surface area contributed by atoms with E-state index in [1.807, 2.05) is 11.8 Å². The molecule has 1 aliphatic rings. The maximum Gasteiger partial charge on any atom is 0.220 e. The standard InChI is InChI=1S/C14H28N4OS.HI/c1-15-14(16-9-3-4-11-20-2)17-10-5-6-13(19)18-12-7-8-12;/h12H,3-11H2,1-2H3,(H,18,19)(H2,15,16,17);1H. The molecular weight excluding hydrogens is 399 g/mol. The van der Waals surface area contributed by atoms with Gasteiger partial charge >= 0.3 is 0 Å². The molecule has 1 saturated carbocycles. The molecule has 21 heavy (non-hydrogen) atoms. The molecule has 5 nitrogen and oxygen atoms in total. The minimum Gasteiger partial charge on any atom is -0.356 e. The molecule has 0 bridgehead atoms. The number of nitrogens with one attached hydrogen (secondary N) is 3. The van der Waals surface area contributed by atoms with Gasteiger partial charge in [0.2, 0.25) is 5.91 Å². The minimum absolute atomic E-state index is 0. The minimum atomic E-state index is 0. The molecule has 0 saturated heterocycles. The van der Waals surface area contributed by atoms with E-state index in [1.165, 1.54) is 12.2 Å². The molecule has 3 N–H and O–H groups in total. The van der Waals surface area contributed by atoms with Gasteiger partial charge in [-0.25, -0.2) is 0 Å². The van der Waals surface area contributed by atoms with E-state index in [-0.39, 0.29) is 29.9 Å². The molecule has 1 rings (SSSR count). The number of rotatable bonds is 10. The fourth-order valence-electron chi connectivity index (χ4n) is 1.78. The van der Waals surface area contributed by atoms with Crippen LogP contribution in [0, 0.1) is 0 Å². The largest absolute Gasteiger partial charge is 0.356 e. The summed E-state index contributed by atoms with van der Waals surface area (Å²) in [6.45, 7) is 1.73. The number of halogens is 1. The zero-order valence-electron chi connectivity index (χ0n) is 13.1. The zero-order chi connectivity index (χ0) is 14.6. The van der Waals surface area contributed by atoms with Crippen molar-refractivity contribution in [1.82, 2.24) is 16.0 Å². The van der Waals surface area contributed by atoms with Crippen LogP contribution in [0.25, 0.3) is 0 Å². The van der Waals surface area contributed by atoms with Crippen LogP contribution in [0.2, 0.25) is 0 Å². The first-order valence-electron chi connectivity index (χ1n) is 7.49. The third-order valence-corrected chi connectivity index (χ3v) is 3.80. The van der Waals surface area contributed by atoms with Crippen LogP contribution >= 0.6 is 35.7 Å². The smallest absolute Gasteiger partial charge is 0.220 e. The summed E-state index contributed by atoms with van der Waals surface area (Å²) in [4.78, 5) is 15.7. The van der Waals surface area contributed by atoms with Gasteiger partial charge in [-0.2, -0.15) is 11.8 Å². The van der Waals surface area contributed by atoms with Crippen molar-refractivity contribution in [2.75, 3.05) is 32.1 Å². The molecule has 0 radical (unpaired) electrons. The van der Waals surface area contributed by atoms with Gasteiger partial charge in [-0.15, -0.1) is 24.0 Å². The molecular formula is C14H29IN4OS. The van der Waals surface area contributed by atoms with E-state index in [0.717, 1.165) is 44.7 Å². The van der Waals surface area contributed by atoms with Crippen molar-refractivity contribution < 1.29 is 4.79 Å². The molecule has 0 aromatic rings. The van der Waals surface area contributed by atoms with Gasteiger partial charge in [-0.3, -0.25) is 9.79 Å². The molecule has 1 fully saturated rings. The van der Waals surface area contributed by atoms with Crippen LogP contribution in [-0.4, -0.2) is 50.1 Å². The first-order valence-corrected chi connectivity index (χ1v) is 8.88. The predicted molar refractivity (Wildman–Crippen MR) is 103 cm³/mol. The summed E-state index contributed by atoms with van der Waals surface area (Å²) in [6.07, 6.45) is 8.25. The van der Waals surface area contributed by atoms with Gasteiger partial charge in [0.05, 0.1) is 0 Å². The molecule has 124 valence electrons. The fourth-order valence-corrected chi connectivity index (χ4v) is 2.27. The summed E-state index contributed by atoms with van der Waals surface area (Å²) < 4.78 is 0. The summed E-state index contributed by atoms with van der Waals surface area (Å²) >= 11 is 1.88. The molecule has 0 unspecified atom stereocenters. The van der Waals surface area contributed by atoms with Crippen LogP contribution in [0.4, 0.5) is 0 Å². The zero-order valence-corrected chi connectivity index (χ0v) is 16.3. The van der Waals surface area contributed by atoms with Crippen molar-refractivity contribution in [2.45, 2.75) is 44.6 Å². The molecule has 0 spiro atoms. The van der Waals surface area contributed by atoms with Crippen LogP contribution in [0.5, 0.6) is 0 Å². The highest BCUT2D eigenvalue weighted by Gasteiger charge is 2.22. The second-order valence-corrected chi connectivity index (χ2v) is 6.06. The number of unbranched alkanes of at least 4 members (excludes halogenated alkanes) is 1. The average molecular weight is 428 g/mol. The van der Waals surface area contributed by atoms with Crippen LogP contribution in [0.1, 0.15) is 38.5 Å². The number of amides is 1. The fraction of sp³-hybridized carbons (Fsp3) is 0.857. The van der Waals surface area contributed by atoms with Gasteiger partial charge in [0.1, 0.15) is 0 Å². The van der Waals surface area contributed by atoms with Crippen molar-refractivity contribution >= 4 is 47.6 Å². The van der Waals surface area contributed by atoms with Crippen molar-refractivity contribution in [1.29, 1.82) is 0 Å². The van der Waals surface area contributed by atoms with Crippen LogP contribution in [0.15, 0.2) is 4.99 Å². The van der Waals surface area contributed by atoms with Crippen LogP contribution < -0.4 is 16.0 Å². The van der Waals surface area contributed by atoms with Crippen molar-refractivity contribution in [2.24, 2.45) is 4.99 Å². The van der Waals surface area contributed by atoms with Crippen LogP contribution in [0.3, 0.4) is 0 Å². The number of thioether (sulfide) groups is 1. The van der Waals surface area contributed by atoms with E-state index in [4.69, 9.17) is 0 Å². The number of hydrogen-bond acceptors (Lipinski definition) is 3. The Hall–Kier alpha value is -0.180. The lowest BCUT2D eigenvalue weighted by Crippen LogP contribution is -2.38. The van der Waals surface area contributed by atoms with E-state index >= 15 is 0 Å². The normalized spacial score (nSPS) is 14.3. The topological polar surface area (TPSA) is 65.5 Å². The molecule has 0 aromatic heterocycles. The maximum atomic E-state index is 11.5. The van der Waals surface area contributed by atoms with Crippen molar-refractivity contribution in [3.63, 3.8) is 0 Å². The van der Waals surface area contributed by atoms with Gasteiger partial charge in [0.25, 0.3) is 0 Å². The second kappa shape index (κ2) is 13.5. The Balaban J connectivity index is 0.00000400. The molecule has 0 atom stereocenters. The van der Waals surface area contributed by atoms with E-state index in [2.05, 4.69) is 27.2 Å². The van der Waals surface area contributed by atoms with E-state index in [0.29, 0.717) is 12.5 Å². The van der Waals surface area contributed by atoms with Gasteiger partial charge in [0, 0.05) is 32.6 Å². The molecule has 0 heterocycles. The summed E-state index contributed by atoms with van der Waals surface area (Å²) in [5.74, 6) is 2.22. The Kier molecular flexibility index (Phi) is 13.4. The summed E-state index contributed by atoms with van der Waals surface area (Å²) in [5, 5.41) is 9.52. The van der Waals surface area contributed by atoms with E-state index < -0.39 is 0 Å². The lowest BCUT2D eigenvalue weighted by molar-refractivity contribution is -0.121. The number of aliphatic imine (C=N–C) groups is 1. The van der Waals surface area contributed by atoms with E-state index in [1.54, 1.807) is 7.05 Å². The molecule has 0 aliphatic heterocycles. The SMILES string of the molecule is CN=C(NCCCCSC)NCCCC(=O)NC1CC1.I. The number of nitrogens with zero attached hydrogens (tertiary/aromatic N) is 1. The lowest BCUT2D eigenvalue weighted by atomic mass is 10.3. The van der Waals surface area contributed by atoms with Gasteiger partial charge < -0.3 is 16.0 Å². The lowest BCUT2D eigenvalue weighted by Gasteiger charge is -2.11.